The number of nitrogens with one attached hydrogen (secondary N) is 1. The van der Waals surface area contributed by atoms with Crippen molar-refractivity contribution < 1.29 is 43.2 Å². The third kappa shape index (κ3) is 5.67. The molecule has 226 valence electrons. The van der Waals surface area contributed by atoms with E-state index < -0.39 is 47.0 Å². The minimum absolute atomic E-state index is 0.0115. The van der Waals surface area contributed by atoms with Gasteiger partial charge in [-0.15, -0.1) is 0 Å². The number of ether oxygens (including phenoxy) is 5. The number of Topliss-reactive ketones (excluding diaryl/α,β-unsaturated/α-hetero) is 1. The molecule has 0 bridgehead atoms. The van der Waals surface area contributed by atoms with Crippen LogP contribution in [-0.2, 0) is 39.7 Å². The summed E-state index contributed by atoms with van der Waals surface area (Å²) in [7, 11) is 4.11. The Morgan fingerprint density at radius 2 is 1.85 bits per heavy atom. The molecule has 2 N–H and O–H groups in total. The maximum atomic E-state index is 13.9. The van der Waals surface area contributed by atoms with E-state index in [0.29, 0.717) is 12.8 Å². The van der Waals surface area contributed by atoms with E-state index >= 15 is 0 Å². The van der Waals surface area contributed by atoms with Gasteiger partial charge >= 0.3 is 6.16 Å². The Morgan fingerprint density at radius 3 is 2.46 bits per heavy atom. The molecular weight excluding hydrogens is 530 g/mol. The number of methoxy groups -OCH3 is 3. The summed E-state index contributed by atoms with van der Waals surface area (Å²) < 4.78 is 27.4. The lowest BCUT2D eigenvalue weighted by atomic mass is 9.59. The van der Waals surface area contributed by atoms with Gasteiger partial charge in [-0.2, -0.15) is 0 Å². The topological polar surface area (TPSA) is 133 Å². The van der Waals surface area contributed by atoms with Gasteiger partial charge in [0, 0.05) is 38.5 Å². The van der Waals surface area contributed by atoms with Crippen molar-refractivity contribution in [3.05, 3.63) is 48.0 Å². The van der Waals surface area contributed by atoms with Crippen molar-refractivity contribution >= 4 is 17.8 Å². The number of allylic oxidation sites excluding steroid dienone is 1. The summed E-state index contributed by atoms with van der Waals surface area (Å²) in [4.78, 5) is 39.6. The molecule has 41 heavy (non-hydrogen) atoms. The van der Waals surface area contributed by atoms with Gasteiger partial charge in [-0.3, -0.25) is 9.59 Å². The summed E-state index contributed by atoms with van der Waals surface area (Å²) >= 11 is 0. The second-order valence-corrected chi connectivity index (χ2v) is 12.0. The van der Waals surface area contributed by atoms with Crippen LogP contribution in [0.15, 0.2) is 42.5 Å². The molecule has 1 amide bonds. The summed E-state index contributed by atoms with van der Waals surface area (Å²) in [5, 5.41) is 14.0. The lowest BCUT2D eigenvalue weighted by Gasteiger charge is -2.45. The van der Waals surface area contributed by atoms with Gasteiger partial charge in [-0.25, -0.2) is 4.79 Å². The van der Waals surface area contributed by atoms with Crippen LogP contribution in [0.25, 0.3) is 0 Å². The van der Waals surface area contributed by atoms with Crippen molar-refractivity contribution in [1.82, 2.24) is 5.32 Å². The molecule has 10 heteroatoms. The van der Waals surface area contributed by atoms with Gasteiger partial charge < -0.3 is 34.1 Å². The Bertz CT molecular complexity index is 1150. The number of carbonyl (C=O) groups excluding carboxylic acids is 3. The highest BCUT2D eigenvalue weighted by Crippen LogP contribution is 2.63. The van der Waals surface area contributed by atoms with Crippen LogP contribution in [0.2, 0.25) is 0 Å². The second-order valence-electron chi connectivity index (χ2n) is 12.0. The predicted octanol–water partition coefficient (Wildman–Crippen LogP) is 3.20. The zero-order chi connectivity index (χ0) is 30.2. The number of amides is 1. The Kier molecular flexibility index (Phi) is 8.99. The van der Waals surface area contributed by atoms with Crippen molar-refractivity contribution in [3.63, 3.8) is 0 Å². The van der Waals surface area contributed by atoms with Crippen LogP contribution in [0.5, 0.6) is 0 Å². The monoisotopic (exact) mass is 573 g/mol. The number of benzene rings is 1. The molecule has 3 aliphatic rings. The summed E-state index contributed by atoms with van der Waals surface area (Å²) in [6.45, 7) is 7.25. The molecule has 0 spiro atoms. The molecule has 2 saturated heterocycles. The maximum Gasteiger partial charge on any atom is 0.509 e. The zero-order valence-corrected chi connectivity index (χ0v) is 24.9. The summed E-state index contributed by atoms with van der Waals surface area (Å²) in [6, 6.07) is 9.55. The molecule has 0 radical (unpaired) electrons. The Labute approximate surface area is 241 Å². The van der Waals surface area contributed by atoms with Crippen molar-refractivity contribution in [1.29, 1.82) is 0 Å². The van der Waals surface area contributed by atoms with Gasteiger partial charge in [-0.1, -0.05) is 56.3 Å². The first-order valence-corrected chi connectivity index (χ1v) is 14.1. The Morgan fingerprint density at radius 1 is 1.20 bits per heavy atom. The van der Waals surface area contributed by atoms with Gasteiger partial charge in [0.05, 0.1) is 24.7 Å². The van der Waals surface area contributed by atoms with E-state index in [4.69, 9.17) is 23.7 Å². The van der Waals surface area contributed by atoms with Crippen LogP contribution in [0, 0.1) is 23.7 Å². The van der Waals surface area contributed by atoms with Gasteiger partial charge in [0.25, 0.3) is 5.91 Å². The lowest BCUT2D eigenvalue weighted by molar-refractivity contribution is -0.161. The van der Waals surface area contributed by atoms with E-state index in [2.05, 4.69) is 5.32 Å². The van der Waals surface area contributed by atoms with E-state index in [1.54, 1.807) is 6.92 Å². The Balaban J connectivity index is 1.61. The van der Waals surface area contributed by atoms with Gasteiger partial charge in [0.15, 0.2) is 12.1 Å². The van der Waals surface area contributed by atoms with Crippen molar-refractivity contribution in [2.45, 2.75) is 82.2 Å². The summed E-state index contributed by atoms with van der Waals surface area (Å²) in [6.07, 6.45) is 2.46. The summed E-state index contributed by atoms with van der Waals surface area (Å²) in [5.41, 5.74) is -2.66. The zero-order valence-electron chi connectivity index (χ0n) is 24.9. The molecule has 9 atom stereocenters. The Hall–Kier alpha value is -2.79. The molecule has 4 rings (SSSR count). The molecular formula is C31H43NO9. The van der Waals surface area contributed by atoms with Crippen molar-refractivity contribution in [2.24, 2.45) is 23.7 Å². The van der Waals surface area contributed by atoms with Crippen LogP contribution < -0.4 is 5.32 Å². The van der Waals surface area contributed by atoms with Crippen LogP contribution >= 0.6 is 0 Å². The SMILES string of the molecule is COC(=O)O[C@]12C(=O)N[C@H](Cc3ccccc3)[C@H]1[C@@H](C)[C@]1(C)O[C@@H]1[C@H]2C=CC[C@@H](C)C(=O)[C@@](C)(O)CC(OC)OC. The van der Waals surface area contributed by atoms with E-state index in [0.717, 1.165) is 5.56 Å². The van der Waals surface area contributed by atoms with E-state index in [1.165, 1.54) is 28.3 Å². The molecule has 1 aliphatic carbocycles. The molecule has 3 fully saturated rings. The summed E-state index contributed by atoms with van der Waals surface area (Å²) in [5.74, 6) is -2.40. The number of carbonyl (C=O) groups is 3. The normalized spacial score (nSPS) is 34.4. The molecule has 10 nitrogen and oxygen atoms in total. The number of rotatable bonds is 12. The highest BCUT2D eigenvalue weighted by Gasteiger charge is 2.78. The van der Waals surface area contributed by atoms with E-state index in [1.807, 2.05) is 56.3 Å². The molecule has 2 heterocycles. The second kappa shape index (κ2) is 11.8. The van der Waals surface area contributed by atoms with Crippen LogP contribution in [0.1, 0.15) is 46.1 Å². The highest BCUT2D eigenvalue weighted by atomic mass is 16.7. The van der Waals surface area contributed by atoms with Crippen LogP contribution in [0.3, 0.4) is 0 Å². The molecule has 1 aromatic rings. The molecule has 2 aliphatic heterocycles. The number of ketones is 1. The third-order valence-electron chi connectivity index (χ3n) is 9.37. The largest absolute Gasteiger partial charge is 0.509 e. The lowest BCUT2D eigenvalue weighted by Crippen LogP contribution is -2.61. The predicted molar refractivity (Wildman–Crippen MR) is 149 cm³/mol. The smallest absolute Gasteiger partial charge is 0.438 e. The quantitative estimate of drug-likeness (QED) is 0.167. The van der Waals surface area contributed by atoms with E-state index in [-0.39, 0.29) is 36.2 Å². The number of hydrogen-bond acceptors (Lipinski definition) is 9. The number of hydrogen-bond donors (Lipinski definition) is 2. The minimum Gasteiger partial charge on any atom is -0.438 e. The van der Waals surface area contributed by atoms with Gasteiger partial charge in [0.1, 0.15) is 5.60 Å². The molecule has 1 aromatic carbocycles. The number of aliphatic hydroxyl groups is 1. The fourth-order valence-electron chi connectivity index (χ4n) is 6.94. The maximum absolute atomic E-state index is 13.9. The first-order valence-electron chi connectivity index (χ1n) is 14.1. The van der Waals surface area contributed by atoms with E-state index in [9.17, 15) is 19.5 Å². The van der Waals surface area contributed by atoms with Crippen LogP contribution in [0.4, 0.5) is 4.79 Å². The number of epoxide rings is 1. The standard InChI is InChI=1S/C31H43NO9/c1-18(25(33)29(3,36)17-23(37-5)38-6)12-11-15-21-26-30(4,40-26)19(2)24-22(16-20-13-9-8-10-14-20)32-27(34)31(21,24)41-28(35)39-7/h8-11,13-15,18-19,21-24,26,36H,12,16-17H2,1-7H3,(H,32,34)/t18-,19-,21-,22-,24-,26-,29+,30+,31+/m1/s1. The highest BCUT2D eigenvalue weighted by molar-refractivity contribution is 5.92. The first kappa shape index (κ1) is 31.2. The fraction of sp³-hybridized carbons (Fsp3) is 0.645. The average molecular weight is 574 g/mol. The molecule has 0 unspecified atom stereocenters. The van der Waals surface area contributed by atoms with Crippen molar-refractivity contribution in [3.8, 4) is 0 Å². The fourth-order valence-corrected chi connectivity index (χ4v) is 6.94. The first-order chi connectivity index (χ1) is 19.3. The molecule has 0 aromatic heterocycles. The average Bonchev–Trinajstić information content (AvgIpc) is 3.57. The third-order valence-corrected chi connectivity index (χ3v) is 9.37. The minimum atomic E-state index is -1.65. The van der Waals surface area contributed by atoms with Gasteiger partial charge in [-0.05, 0) is 38.2 Å². The number of fused-ring (bicyclic) bond motifs is 2. The van der Waals surface area contributed by atoms with Crippen molar-refractivity contribution in [2.75, 3.05) is 21.3 Å². The molecule has 1 saturated carbocycles. The van der Waals surface area contributed by atoms with Gasteiger partial charge in [0.2, 0.25) is 5.60 Å². The van der Waals surface area contributed by atoms with Crippen LogP contribution in [-0.4, -0.2) is 79.5 Å².